The van der Waals surface area contributed by atoms with Crippen molar-refractivity contribution in [2.24, 2.45) is 0 Å². The van der Waals surface area contributed by atoms with E-state index in [0.717, 1.165) is 29.8 Å². The lowest BCUT2D eigenvalue weighted by Gasteiger charge is -2.15. The summed E-state index contributed by atoms with van der Waals surface area (Å²) in [5, 5.41) is 11.3. The monoisotopic (exact) mass is 391 g/mol. The first-order chi connectivity index (χ1) is 14.0. The molecule has 1 fully saturated rings. The maximum atomic E-state index is 12.0. The van der Waals surface area contributed by atoms with Crippen molar-refractivity contribution >= 4 is 29.2 Å². The molecule has 2 aromatic rings. The van der Waals surface area contributed by atoms with E-state index < -0.39 is 11.9 Å². The maximum absolute atomic E-state index is 12.0. The zero-order valence-electron chi connectivity index (χ0n) is 15.9. The van der Waals surface area contributed by atoms with Crippen molar-refractivity contribution in [2.75, 3.05) is 23.4 Å². The second-order valence-electron chi connectivity index (χ2n) is 6.73. The van der Waals surface area contributed by atoms with Crippen LogP contribution >= 0.6 is 0 Å². The van der Waals surface area contributed by atoms with Crippen LogP contribution in [0.2, 0.25) is 0 Å². The average molecular weight is 391 g/mol. The van der Waals surface area contributed by atoms with Crippen LogP contribution in [0.1, 0.15) is 24.0 Å². The van der Waals surface area contributed by atoms with E-state index in [4.69, 9.17) is 10.00 Å². The number of nitrogens with zero attached hydrogens (tertiary/aromatic N) is 2. The van der Waals surface area contributed by atoms with E-state index in [9.17, 15) is 14.4 Å². The van der Waals surface area contributed by atoms with Gasteiger partial charge in [-0.25, -0.2) is 0 Å². The van der Waals surface area contributed by atoms with Gasteiger partial charge in [-0.1, -0.05) is 24.3 Å². The average Bonchev–Trinajstić information content (AvgIpc) is 3.15. The number of rotatable bonds is 7. The van der Waals surface area contributed by atoms with Crippen LogP contribution in [0.25, 0.3) is 0 Å². The number of hydrogen-bond acceptors (Lipinski definition) is 5. The Bertz CT molecular complexity index is 930. The van der Waals surface area contributed by atoms with E-state index in [1.165, 1.54) is 0 Å². The Kier molecular flexibility index (Phi) is 6.59. The highest BCUT2D eigenvalue weighted by atomic mass is 16.5. The van der Waals surface area contributed by atoms with Crippen molar-refractivity contribution in [1.29, 1.82) is 5.26 Å². The molecule has 7 nitrogen and oxygen atoms in total. The number of benzene rings is 2. The van der Waals surface area contributed by atoms with Crippen LogP contribution in [0.5, 0.6) is 0 Å². The molecule has 0 aromatic heterocycles. The summed E-state index contributed by atoms with van der Waals surface area (Å²) in [5.41, 5.74) is 3.00. The predicted molar refractivity (Wildman–Crippen MR) is 107 cm³/mol. The molecule has 7 heteroatoms. The number of carbonyl (C=O) groups is 3. The fraction of sp³-hybridized carbons (Fsp3) is 0.273. The number of amides is 2. The van der Waals surface area contributed by atoms with E-state index in [1.54, 1.807) is 41.3 Å². The quantitative estimate of drug-likeness (QED) is 0.732. The highest BCUT2D eigenvalue weighted by molar-refractivity contribution is 5.95. The molecular weight excluding hydrogens is 370 g/mol. The Morgan fingerprint density at radius 3 is 2.38 bits per heavy atom. The number of hydrogen-bond donors (Lipinski definition) is 1. The zero-order valence-corrected chi connectivity index (χ0v) is 15.9. The highest BCUT2D eigenvalue weighted by Gasteiger charge is 2.21. The lowest BCUT2D eigenvalue weighted by molar-refractivity contribution is -0.146. The molecule has 0 atom stereocenters. The molecule has 0 aliphatic carbocycles. The minimum absolute atomic E-state index is 0.0460. The molecule has 0 saturated carbocycles. The molecule has 1 N–H and O–H groups in total. The molecule has 1 aliphatic rings. The Morgan fingerprint density at radius 1 is 1.07 bits per heavy atom. The van der Waals surface area contributed by atoms with Gasteiger partial charge in [0.15, 0.2) is 6.61 Å². The van der Waals surface area contributed by atoms with Crippen LogP contribution in [0, 0.1) is 11.3 Å². The number of nitriles is 1. The van der Waals surface area contributed by atoms with Crippen LogP contribution in [0.15, 0.2) is 48.5 Å². The summed E-state index contributed by atoms with van der Waals surface area (Å²) in [6, 6.07) is 16.1. The minimum Gasteiger partial charge on any atom is -0.455 e. The Morgan fingerprint density at radius 2 is 1.76 bits per heavy atom. The summed E-state index contributed by atoms with van der Waals surface area (Å²) in [6.45, 7) is 0.343. The third kappa shape index (κ3) is 5.66. The molecule has 0 radical (unpaired) electrons. The predicted octanol–water partition coefficient (Wildman–Crippen LogP) is 2.60. The van der Waals surface area contributed by atoms with E-state index in [2.05, 4.69) is 11.4 Å². The molecule has 1 heterocycles. The zero-order chi connectivity index (χ0) is 20.6. The summed E-state index contributed by atoms with van der Waals surface area (Å²) in [7, 11) is 0. The summed E-state index contributed by atoms with van der Waals surface area (Å²) < 4.78 is 5.03. The minimum atomic E-state index is -0.505. The fourth-order valence-electron chi connectivity index (χ4n) is 3.07. The van der Waals surface area contributed by atoms with Gasteiger partial charge in [-0.15, -0.1) is 0 Å². The molecule has 2 amide bonds. The summed E-state index contributed by atoms with van der Waals surface area (Å²) in [6.07, 6.45) is 1.78. The van der Waals surface area contributed by atoms with Gasteiger partial charge < -0.3 is 15.0 Å². The summed E-state index contributed by atoms with van der Waals surface area (Å²) >= 11 is 0. The first kappa shape index (κ1) is 20.1. The number of nitrogens with one attached hydrogen (secondary N) is 1. The van der Waals surface area contributed by atoms with Crippen molar-refractivity contribution < 1.29 is 19.1 Å². The van der Waals surface area contributed by atoms with E-state index in [1.807, 2.05) is 12.1 Å². The van der Waals surface area contributed by atoms with Crippen LogP contribution in [-0.2, 0) is 32.0 Å². The maximum Gasteiger partial charge on any atom is 0.310 e. The van der Waals surface area contributed by atoms with Crippen LogP contribution in [-0.4, -0.2) is 30.9 Å². The van der Waals surface area contributed by atoms with E-state index in [0.29, 0.717) is 18.5 Å². The SMILES string of the molecule is N#CCc1ccc(NC(=O)COC(=O)Cc2ccc(N3CCCC3=O)cc2)cc1. The Hall–Kier alpha value is -3.66. The summed E-state index contributed by atoms with van der Waals surface area (Å²) in [5.74, 6) is -0.827. The van der Waals surface area contributed by atoms with Crippen LogP contribution in [0.3, 0.4) is 0 Å². The largest absolute Gasteiger partial charge is 0.455 e. The second kappa shape index (κ2) is 9.51. The van der Waals surface area contributed by atoms with Gasteiger partial charge in [-0.05, 0) is 41.8 Å². The van der Waals surface area contributed by atoms with Crippen LogP contribution in [0.4, 0.5) is 11.4 Å². The third-order valence-electron chi connectivity index (χ3n) is 4.56. The molecule has 0 bridgehead atoms. The van der Waals surface area contributed by atoms with Gasteiger partial charge in [0.1, 0.15) is 0 Å². The number of carbonyl (C=O) groups excluding carboxylic acids is 3. The molecule has 1 saturated heterocycles. The van der Waals surface area contributed by atoms with Crippen molar-refractivity contribution in [2.45, 2.75) is 25.7 Å². The molecule has 0 spiro atoms. The van der Waals surface area contributed by atoms with E-state index >= 15 is 0 Å². The molecule has 148 valence electrons. The number of esters is 1. The smallest absolute Gasteiger partial charge is 0.310 e. The molecule has 2 aromatic carbocycles. The third-order valence-corrected chi connectivity index (χ3v) is 4.56. The molecule has 3 rings (SSSR count). The van der Waals surface area contributed by atoms with Gasteiger partial charge in [0.2, 0.25) is 5.91 Å². The lowest BCUT2D eigenvalue weighted by Crippen LogP contribution is -2.23. The van der Waals surface area contributed by atoms with Gasteiger partial charge in [0.05, 0.1) is 18.9 Å². The Balaban J connectivity index is 1.44. The lowest BCUT2D eigenvalue weighted by atomic mass is 10.1. The van der Waals surface area contributed by atoms with Gasteiger partial charge in [0, 0.05) is 24.3 Å². The first-order valence-electron chi connectivity index (χ1n) is 9.36. The number of anilines is 2. The molecule has 0 unspecified atom stereocenters. The van der Waals surface area contributed by atoms with Gasteiger partial charge >= 0.3 is 5.97 Å². The van der Waals surface area contributed by atoms with Crippen molar-refractivity contribution in [3.05, 3.63) is 59.7 Å². The molecular formula is C22H21N3O4. The van der Waals surface area contributed by atoms with Crippen molar-refractivity contribution in [3.8, 4) is 6.07 Å². The normalized spacial score (nSPS) is 13.1. The second-order valence-corrected chi connectivity index (χ2v) is 6.73. The van der Waals surface area contributed by atoms with Gasteiger partial charge in [0.25, 0.3) is 5.91 Å². The highest BCUT2D eigenvalue weighted by Crippen LogP contribution is 2.21. The standard InChI is InChI=1S/C22H21N3O4/c23-12-11-16-3-7-18(8-4-16)24-20(26)15-29-22(28)14-17-5-9-19(10-6-17)25-13-1-2-21(25)27/h3-10H,1-2,11,13-15H2,(H,24,26). The van der Waals surface area contributed by atoms with Gasteiger partial charge in [-0.3, -0.25) is 14.4 Å². The molecule has 1 aliphatic heterocycles. The fourth-order valence-corrected chi connectivity index (χ4v) is 3.07. The van der Waals surface area contributed by atoms with Crippen molar-refractivity contribution in [1.82, 2.24) is 0 Å². The Labute approximate surface area is 168 Å². The molecule has 29 heavy (non-hydrogen) atoms. The van der Waals surface area contributed by atoms with E-state index in [-0.39, 0.29) is 18.9 Å². The van der Waals surface area contributed by atoms with Gasteiger partial charge in [-0.2, -0.15) is 5.26 Å². The first-order valence-corrected chi connectivity index (χ1v) is 9.36. The summed E-state index contributed by atoms with van der Waals surface area (Å²) in [4.78, 5) is 37.4. The van der Waals surface area contributed by atoms with Crippen molar-refractivity contribution in [3.63, 3.8) is 0 Å². The van der Waals surface area contributed by atoms with Crippen LogP contribution < -0.4 is 10.2 Å². The number of ether oxygens (including phenoxy) is 1. The topological polar surface area (TPSA) is 99.5 Å².